The van der Waals surface area contributed by atoms with E-state index in [1.165, 1.54) is 22.5 Å². The van der Waals surface area contributed by atoms with Gasteiger partial charge in [0.25, 0.3) is 5.91 Å². The molecule has 1 N–H and O–H groups in total. The zero-order chi connectivity index (χ0) is 26.1. The molecule has 2 aromatic rings. The number of aromatic nitrogens is 1. The number of benzene rings is 1. The summed E-state index contributed by atoms with van der Waals surface area (Å²) in [5.74, 6) is -0.276. The molecule has 2 heterocycles. The average molecular weight is 538 g/mol. The summed E-state index contributed by atoms with van der Waals surface area (Å²) in [6.07, 6.45) is 1.80. The molecule has 0 radical (unpaired) electrons. The van der Waals surface area contributed by atoms with E-state index in [0.29, 0.717) is 16.7 Å². The first kappa shape index (κ1) is 28.2. The van der Waals surface area contributed by atoms with Crippen molar-refractivity contribution in [2.75, 3.05) is 78.2 Å². The van der Waals surface area contributed by atoms with E-state index in [4.69, 9.17) is 9.47 Å². The average Bonchev–Trinajstić information content (AvgIpc) is 3.33. The zero-order valence-corrected chi connectivity index (χ0v) is 23.0. The number of hydrogen-bond donors (Lipinski definition) is 1. The van der Waals surface area contributed by atoms with Crippen LogP contribution < -0.4 is 10.1 Å². The number of carbonyl (C=O) groups excluding carboxylic acids is 2. The zero-order valence-electron chi connectivity index (χ0n) is 21.3. The molecular weight excluding hydrogens is 502 g/mol. The van der Waals surface area contributed by atoms with Crippen molar-refractivity contribution in [2.24, 2.45) is 0 Å². The lowest BCUT2D eigenvalue weighted by molar-refractivity contribution is 0.0344. The highest BCUT2D eigenvalue weighted by Gasteiger charge is 2.20. The third-order valence-corrected chi connectivity index (χ3v) is 7.53. The number of nitrogens with one attached hydrogen (secondary N) is 1. The van der Waals surface area contributed by atoms with Crippen LogP contribution in [0.1, 0.15) is 22.3 Å². The molecule has 1 aromatic carbocycles. The van der Waals surface area contributed by atoms with Gasteiger partial charge in [0.1, 0.15) is 10.8 Å². The van der Waals surface area contributed by atoms with Crippen LogP contribution in [0.25, 0.3) is 0 Å². The van der Waals surface area contributed by atoms with Crippen molar-refractivity contribution in [3.63, 3.8) is 0 Å². The monoisotopic (exact) mass is 537 g/mol. The molecule has 0 saturated carbocycles. The maximum absolute atomic E-state index is 12.9. The van der Waals surface area contributed by atoms with E-state index in [0.717, 1.165) is 57.9 Å². The Balaban J connectivity index is 1.49. The Kier molecular flexibility index (Phi) is 10.8. The Morgan fingerprint density at radius 1 is 1.22 bits per heavy atom. The largest absolute Gasteiger partial charge is 0.414 e. The van der Waals surface area contributed by atoms with Crippen LogP contribution in [-0.4, -0.2) is 109 Å². The van der Waals surface area contributed by atoms with Gasteiger partial charge in [0.2, 0.25) is 0 Å². The highest BCUT2D eigenvalue weighted by molar-refractivity contribution is 7.84. The van der Waals surface area contributed by atoms with Crippen molar-refractivity contribution in [3.8, 4) is 5.75 Å². The summed E-state index contributed by atoms with van der Waals surface area (Å²) in [4.78, 5) is 35.9. The van der Waals surface area contributed by atoms with Gasteiger partial charge in [-0.3, -0.25) is 19.2 Å². The molecule has 1 aliphatic heterocycles. The maximum atomic E-state index is 12.9. The third kappa shape index (κ3) is 8.63. The molecule has 0 spiro atoms. The number of hydrogen-bond acceptors (Lipinski definition) is 9. The van der Waals surface area contributed by atoms with Crippen molar-refractivity contribution in [1.29, 1.82) is 0 Å². The first-order chi connectivity index (χ1) is 17.2. The quantitative estimate of drug-likeness (QED) is 0.466. The number of amides is 2. The van der Waals surface area contributed by atoms with E-state index in [-0.39, 0.29) is 11.3 Å². The molecule has 0 aliphatic carbocycles. The van der Waals surface area contributed by atoms with Crippen LogP contribution in [-0.2, 0) is 15.5 Å². The number of likely N-dealkylation sites (N-methyl/N-ethyl adjacent to an activating group) is 1. The van der Waals surface area contributed by atoms with Gasteiger partial charge in [-0.1, -0.05) is 11.6 Å². The van der Waals surface area contributed by atoms with E-state index in [2.05, 4.69) is 27.1 Å². The van der Waals surface area contributed by atoms with Crippen LogP contribution in [0.2, 0.25) is 0 Å². The molecule has 1 aromatic heterocycles. The smallest absolute Gasteiger partial charge is 0.409 e. The molecule has 1 unspecified atom stereocenters. The molecule has 36 heavy (non-hydrogen) atoms. The number of morpholine rings is 1. The second-order valence-corrected chi connectivity index (χ2v) is 11.0. The number of rotatable bonds is 11. The number of thiazole rings is 1. The normalized spacial score (nSPS) is 15.0. The lowest BCUT2D eigenvalue weighted by Gasteiger charge is -2.28. The first-order valence-corrected chi connectivity index (χ1v) is 14.3. The Hall–Kier alpha value is -2.38. The summed E-state index contributed by atoms with van der Waals surface area (Å²) in [7, 11) is 2.54. The Morgan fingerprint density at radius 2 is 1.97 bits per heavy atom. The molecule has 3 rings (SSSR count). The highest BCUT2D eigenvalue weighted by Crippen LogP contribution is 2.24. The molecule has 2 amide bonds. The van der Waals surface area contributed by atoms with E-state index in [1.54, 1.807) is 30.6 Å². The summed E-state index contributed by atoms with van der Waals surface area (Å²) in [6, 6.07) is 5.06. The molecule has 198 valence electrons. The molecule has 12 heteroatoms. The van der Waals surface area contributed by atoms with Gasteiger partial charge in [-0.15, -0.1) is 11.3 Å². The van der Waals surface area contributed by atoms with Crippen LogP contribution in [0.3, 0.4) is 0 Å². The minimum atomic E-state index is -1.23. The lowest BCUT2D eigenvalue weighted by atomic mass is 10.1. The third-order valence-electron chi connectivity index (χ3n) is 5.82. The van der Waals surface area contributed by atoms with Gasteiger partial charge in [-0.05, 0) is 39.1 Å². The Morgan fingerprint density at radius 3 is 2.67 bits per heavy atom. The SMILES string of the molecule is Cc1ccc(OC(=O)N(C)CCCN(C)CCN2CCOCC2)c(C(=O)Nc2nc(S(C)=O)cs2)c1. The fourth-order valence-electron chi connectivity index (χ4n) is 3.61. The summed E-state index contributed by atoms with van der Waals surface area (Å²) in [5, 5.41) is 5.07. The fraction of sp³-hybridized carbons (Fsp3) is 0.542. The van der Waals surface area contributed by atoms with Gasteiger partial charge < -0.3 is 19.3 Å². The van der Waals surface area contributed by atoms with Gasteiger partial charge in [-0.25, -0.2) is 9.78 Å². The van der Waals surface area contributed by atoms with Gasteiger partial charge in [-0.2, -0.15) is 0 Å². The second kappa shape index (κ2) is 13.8. The minimum Gasteiger partial charge on any atom is -0.409 e. The Labute approximate surface area is 219 Å². The highest BCUT2D eigenvalue weighted by atomic mass is 32.2. The van der Waals surface area contributed by atoms with Crippen LogP contribution in [0, 0.1) is 6.92 Å². The molecule has 1 saturated heterocycles. The van der Waals surface area contributed by atoms with Gasteiger partial charge >= 0.3 is 6.09 Å². The number of aryl methyl sites for hydroxylation is 1. The van der Waals surface area contributed by atoms with Gasteiger partial charge in [0, 0.05) is 51.4 Å². The number of anilines is 1. The van der Waals surface area contributed by atoms with Gasteiger partial charge in [0.05, 0.1) is 29.6 Å². The molecule has 10 nitrogen and oxygen atoms in total. The van der Waals surface area contributed by atoms with Gasteiger partial charge in [0.15, 0.2) is 5.13 Å². The van der Waals surface area contributed by atoms with Crippen molar-refractivity contribution >= 4 is 39.3 Å². The molecule has 1 aliphatic rings. The van der Waals surface area contributed by atoms with Crippen molar-refractivity contribution in [1.82, 2.24) is 19.7 Å². The molecule has 1 atom stereocenters. The van der Waals surface area contributed by atoms with Crippen LogP contribution in [0.4, 0.5) is 9.93 Å². The Bertz CT molecular complexity index is 1060. The predicted octanol–water partition coefficient (Wildman–Crippen LogP) is 2.53. The predicted molar refractivity (Wildman–Crippen MR) is 142 cm³/mol. The molecular formula is C24H35N5O5S2. The van der Waals surface area contributed by atoms with Crippen LogP contribution in [0.15, 0.2) is 28.6 Å². The summed E-state index contributed by atoms with van der Waals surface area (Å²) in [5.41, 5.74) is 1.08. The fourth-order valence-corrected chi connectivity index (χ4v) is 5.14. The van der Waals surface area contributed by atoms with Crippen molar-refractivity contribution < 1.29 is 23.3 Å². The summed E-state index contributed by atoms with van der Waals surface area (Å²) >= 11 is 1.19. The molecule has 0 bridgehead atoms. The summed E-state index contributed by atoms with van der Waals surface area (Å²) in [6.45, 7) is 8.77. The van der Waals surface area contributed by atoms with Crippen molar-refractivity contribution in [2.45, 2.75) is 18.4 Å². The van der Waals surface area contributed by atoms with Crippen molar-refractivity contribution in [3.05, 3.63) is 34.7 Å². The standard InChI is InChI=1S/C24H35N5O5S2/c1-18-6-7-20(19(16-18)22(30)26-23-25-21(17-35-23)36(4)32)34-24(31)28(3)9-5-8-27(2)10-11-29-12-14-33-15-13-29/h6-7,16-17H,5,8-15H2,1-4H3,(H,25,26,30). The number of ether oxygens (including phenoxy) is 2. The van der Waals surface area contributed by atoms with Crippen LogP contribution in [0.5, 0.6) is 5.75 Å². The summed E-state index contributed by atoms with van der Waals surface area (Å²) < 4.78 is 22.5. The maximum Gasteiger partial charge on any atom is 0.414 e. The van der Waals surface area contributed by atoms with E-state index in [1.807, 2.05) is 6.92 Å². The van der Waals surface area contributed by atoms with Crippen LogP contribution >= 0.6 is 11.3 Å². The van der Waals surface area contributed by atoms with E-state index in [9.17, 15) is 13.8 Å². The minimum absolute atomic E-state index is 0.174. The van der Waals surface area contributed by atoms with E-state index >= 15 is 0 Å². The topological polar surface area (TPSA) is 104 Å². The lowest BCUT2D eigenvalue weighted by Crippen LogP contribution is -2.41. The number of carbonyl (C=O) groups is 2. The first-order valence-electron chi connectivity index (χ1n) is 11.9. The molecule has 1 fully saturated rings. The van der Waals surface area contributed by atoms with E-state index < -0.39 is 22.8 Å². The number of nitrogens with zero attached hydrogens (tertiary/aromatic N) is 4. The second-order valence-electron chi connectivity index (χ2n) is 8.80.